The molecule has 0 saturated heterocycles. The van der Waals surface area contributed by atoms with Crippen molar-refractivity contribution in [1.29, 1.82) is 0 Å². The van der Waals surface area contributed by atoms with E-state index in [9.17, 15) is 0 Å². The van der Waals surface area contributed by atoms with Crippen molar-refractivity contribution in [2.24, 2.45) is 11.7 Å². The fraction of sp³-hybridized carbons (Fsp3) is 0.538. The first-order valence-electron chi connectivity index (χ1n) is 5.70. The van der Waals surface area contributed by atoms with Crippen molar-refractivity contribution in [3.63, 3.8) is 0 Å². The molecular weight excluding hydrogens is 220 g/mol. The maximum atomic E-state index is 5.99. The Kier molecular flexibility index (Phi) is 5.26. The van der Waals surface area contributed by atoms with E-state index >= 15 is 0 Å². The highest BCUT2D eigenvalue weighted by atomic mass is 35.5. The average Bonchev–Trinajstić information content (AvgIpc) is 2.27. The molecule has 3 heteroatoms. The standard InChI is InChI=1S/C13H21ClN2/c1-10(8-15)9-16(3)11(2)12-5-4-6-13(14)7-12/h4-7,10-11H,8-9,15H2,1-3H3. The first kappa shape index (κ1) is 13.5. The molecule has 16 heavy (non-hydrogen) atoms. The molecule has 1 rings (SSSR count). The first-order valence-corrected chi connectivity index (χ1v) is 6.08. The summed E-state index contributed by atoms with van der Waals surface area (Å²) in [5.41, 5.74) is 6.88. The van der Waals surface area contributed by atoms with Gasteiger partial charge in [0.1, 0.15) is 0 Å². The monoisotopic (exact) mass is 240 g/mol. The van der Waals surface area contributed by atoms with Crippen LogP contribution >= 0.6 is 11.6 Å². The van der Waals surface area contributed by atoms with Gasteiger partial charge in [0.05, 0.1) is 0 Å². The van der Waals surface area contributed by atoms with Gasteiger partial charge in [-0.25, -0.2) is 0 Å². The van der Waals surface area contributed by atoms with E-state index in [1.165, 1.54) is 5.56 Å². The van der Waals surface area contributed by atoms with Crippen LogP contribution in [0.2, 0.25) is 5.02 Å². The van der Waals surface area contributed by atoms with E-state index in [1.54, 1.807) is 0 Å². The number of hydrogen-bond donors (Lipinski definition) is 1. The molecule has 0 spiro atoms. The van der Waals surface area contributed by atoms with Crippen LogP contribution < -0.4 is 5.73 Å². The van der Waals surface area contributed by atoms with Gasteiger partial charge in [-0.3, -0.25) is 4.90 Å². The summed E-state index contributed by atoms with van der Waals surface area (Å²) in [5, 5.41) is 0.796. The van der Waals surface area contributed by atoms with E-state index in [1.807, 2.05) is 18.2 Å². The van der Waals surface area contributed by atoms with Crippen LogP contribution in [-0.2, 0) is 0 Å². The zero-order chi connectivity index (χ0) is 12.1. The van der Waals surface area contributed by atoms with E-state index in [0.29, 0.717) is 12.0 Å². The van der Waals surface area contributed by atoms with Gasteiger partial charge in [-0.2, -0.15) is 0 Å². The maximum absolute atomic E-state index is 5.99. The van der Waals surface area contributed by atoms with Gasteiger partial charge < -0.3 is 5.73 Å². The molecule has 0 bridgehead atoms. The third-order valence-corrected chi connectivity index (χ3v) is 3.23. The molecule has 2 unspecified atom stereocenters. The molecule has 0 aromatic heterocycles. The molecule has 0 aliphatic carbocycles. The Morgan fingerprint density at radius 3 is 2.62 bits per heavy atom. The summed E-state index contributed by atoms with van der Waals surface area (Å²) in [6, 6.07) is 8.40. The molecule has 0 aliphatic rings. The first-order chi connectivity index (χ1) is 7.54. The van der Waals surface area contributed by atoms with Gasteiger partial charge in [0.25, 0.3) is 0 Å². The molecule has 0 fully saturated rings. The average molecular weight is 241 g/mol. The highest BCUT2D eigenvalue weighted by molar-refractivity contribution is 6.30. The minimum atomic E-state index is 0.368. The van der Waals surface area contributed by atoms with Gasteiger partial charge >= 0.3 is 0 Å². The molecule has 0 radical (unpaired) electrons. The van der Waals surface area contributed by atoms with Crippen molar-refractivity contribution in [1.82, 2.24) is 4.90 Å². The topological polar surface area (TPSA) is 29.3 Å². The number of rotatable bonds is 5. The normalized spacial score (nSPS) is 15.1. The number of nitrogens with zero attached hydrogens (tertiary/aromatic N) is 1. The SMILES string of the molecule is CC(CN)CN(C)C(C)c1cccc(Cl)c1. The van der Waals surface area contributed by atoms with Crippen LogP contribution in [0, 0.1) is 5.92 Å². The molecule has 1 aromatic carbocycles. The summed E-state index contributed by atoms with van der Waals surface area (Å²) >= 11 is 5.99. The molecule has 2 N–H and O–H groups in total. The van der Waals surface area contributed by atoms with Crippen LogP contribution in [-0.4, -0.2) is 25.0 Å². The van der Waals surface area contributed by atoms with Crippen molar-refractivity contribution in [2.75, 3.05) is 20.1 Å². The molecule has 0 heterocycles. The van der Waals surface area contributed by atoms with E-state index < -0.39 is 0 Å². The number of halogens is 1. The van der Waals surface area contributed by atoms with E-state index in [0.717, 1.165) is 18.1 Å². The summed E-state index contributed by atoms with van der Waals surface area (Å²) in [4.78, 5) is 2.31. The van der Waals surface area contributed by atoms with Crippen molar-refractivity contribution >= 4 is 11.6 Å². The minimum absolute atomic E-state index is 0.368. The maximum Gasteiger partial charge on any atom is 0.0409 e. The molecule has 1 aromatic rings. The fourth-order valence-electron chi connectivity index (χ4n) is 1.75. The second-order valence-electron chi connectivity index (χ2n) is 4.51. The second kappa shape index (κ2) is 6.24. The van der Waals surface area contributed by atoms with E-state index in [2.05, 4.69) is 31.9 Å². The smallest absolute Gasteiger partial charge is 0.0409 e. The molecule has 2 atom stereocenters. The lowest BCUT2D eigenvalue weighted by molar-refractivity contribution is 0.229. The van der Waals surface area contributed by atoms with Crippen LogP contribution in [0.25, 0.3) is 0 Å². The Hall–Kier alpha value is -0.570. The predicted molar refractivity (Wildman–Crippen MR) is 70.7 cm³/mol. The van der Waals surface area contributed by atoms with Crippen molar-refractivity contribution in [3.05, 3.63) is 34.9 Å². The highest BCUT2D eigenvalue weighted by Gasteiger charge is 2.13. The van der Waals surface area contributed by atoms with Crippen LogP contribution in [0.4, 0.5) is 0 Å². The summed E-state index contributed by atoms with van der Waals surface area (Å²) in [7, 11) is 2.12. The predicted octanol–water partition coefficient (Wildman–Crippen LogP) is 2.93. The van der Waals surface area contributed by atoms with Gasteiger partial charge in [0, 0.05) is 17.6 Å². The number of nitrogens with two attached hydrogens (primary N) is 1. The zero-order valence-corrected chi connectivity index (χ0v) is 11.0. The van der Waals surface area contributed by atoms with Gasteiger partial charge in [-0.15, -0.1) is 0 Å². The van der Waals surface area contributed by atoms with E-state index in [-0.39, 0.29) is 0 Å². The molecule has 0 amide bonds. The van der Waals surface area contributed by atoms with Crippen molar-refractivity contribution < 1.29 is 0 Å². The fourth-order valence-corrected chi connectivity index (χ4v) is 1.94. The van der Waals surface area contributed by atoms with Crippen LogP contribution in [0.1, 0.15) is 25.5 Å². The Morgan fingerprint density at radius 1 is 1.38 bits per heavy atom. The third kappa shape index (κ3) is 3.78. The number of hydrogen-bond acceptors (Lipinski definition) is 2. The number of benzene rings is 1. The molecule has 0 saturated carbocycles. The highest BCUT2D eigenvalue weighted by Crippen LogP contribution is 2.22. The zero-order valence-electron chi connectivity index (χ0n) is 10.3. The van der Waals surface area contributed by atoms with Crippen LogP contribution in [0.3, 0.4) is 0 Å². The summed E-state index contributed by atoms with van der Waals surface area (Å²) in [6.07, 6.45) is 0. The third-order valence-electron chi connectivity index (χ3n) is 2.99. The van der Waals surface area contributed by atoms with Crippen molar-refractivity contribution in [2.45, 2.75) is 19.9 Å². The quantitative estimate of drug-likeness (QED) is 0.858. The van der Waals surface area contributed by atoms with Gasteiger partial charge in [-0.1, -0.05) is 30.7 Å². The molecule has 90 valence electrons. The van der Waals surface area contributed by atoms with Gasteiger partial charge in [-0.05, 0) is 44.1 Å². The second-order valence-corrected chi connectivity index (χ2v) is 4.95. The van der Waals surface area contributed by atoms with E-state index in [4.69, 9.17) is 17.3 Å². The Morgan fingerprint density at radius 2 is 2.06 bits per heavy atom. The van der Waals surface area contributed by atoms with Gasteiger partial charge in [0.15, 0.2) is 0 Å². The lowest BCUT2D eigenvalue weighted by Gasteiger charge is -2.27. The van der Waals surface area contributed by atoms with Crippen LogP contribution in [0.15, 0.2) is 24.3 Å². The largest absolute Gasteiger partial charge is 0.330 e. The molecule has 2 nitrogen and oxygen atoms in total. The summed E-state index contributed by atoms with van der Waals surface area (Å²) in [6.45, 7) is 6.09. The van der Waals surface area contributed by atoms with Crippen LogP contribution in [0.5, 0.6) is 0 Å². The van der Waals surface area contributed by atoms with Crippen molar-refractivity contribution in [3.8, 4) is 0 Å². The van der Waals surface area contributed by atoms with Gasteiger partial charge in [0.2, 0.25) is 0 Å². The molecular formula is C13H21ClN2. The molecule has 0 aliphatic heterocycles. The Bertz CT molecular complexity index is 327. The minimum Gasteiger partial charge on any atom is -0.330 e. The summed E-state index contributed by atoms with van der Waals surface area (Å²) < 4.78 is 0. The lowest BCUT2D eigenvalue weighted by atomic mass is 10.1. The summed E-state index contributed by atoms with van der Waals surface area (Å²) in [5.74, 6) is 0.520. The Balaban J connectivity index is 2.66. The Labute approximate surface area is 103 Å². The lowest BCUT2D eigenvalue weighted by Crippen LogP contribution is -2.30.